The highest BCUT2D eigenvalue weighted by Crippen LogP contribution is 2.49. The van der Waals surface area contributed by atoms with E-state index in [4.69, 9.17) is 19.4 Å². The zero-order valence-corrected chi connectivity index (χ0v) is 35.5. The highest BCUT2D eigenvalue weighted by Gasteiger charge is 2.35. The Morgan fingerprint density at radius 3 is 1.36 bits per heavy atom. The number of hydrogen-bond donors (Lipinski definition) is 0. The van der Waals surface area contributed by atoms with E-state index in [1.54, 1.807) is 0 Å². The van der Waals surface area contributed by atoms with E-state index < -0.39 is 0 Å². The standard InChI is InChI=1S/C60H41N3O/c1-60(2)52-18-10-9-16-48(52)50-36-46(32-34-53(50)60)42-20-22-43(23-21-42)47-33-35-54-51(37-47)56-49(17-11-19-55(56)64-54)59-62-57(44-28-24-40(25-29-44)38-12-5-3-6-13-38)61-58(63-59)45-30-26-41(27-31-45)39-14-7-4-8-15-39/h3-37H,1-2H3. The van der Waals surface area contributed by atoms with Gasteiger partial charge in [0.1, 0.15) is 11.2 Å². The van der Waals surface area contributed by atoms with Gasteiger partial charge in [0.15, 0.2) is 17.5 Å². The smallest absolute Gasteiger partial charge is 0.164 e. The number of benzene rings is 9. The Morgan fingerprint density at radius 2 is 0.750 bits per heavy atom. The molecule has 2 aromatic heterocycles. The second kappa shape index (κ2) is 15.0. The minimum Gasteiger partial charge on any atom is -0.456 e. The zero-order valence-electron chi connectivity index (χ0n) is 35.5. The summed E-state index contributed by atoms with van der Waals surface area (Å²) in [5, 5.41) is 1.98. The van der Waals surface area contributed by atoms with Crippen LogP contribution in [0.3, 0.4) is 0 Å². The maximum Gasteiger partial charge on any atom is 0.164 e. The molecular weight excluding hydrogens is 779 g/mol. The van der Waals surface area contributed by atoms with Crippen molar-refractivity contribution in [1.29, 1.82) is 0 Å². The predicted octanol–water partition coefficient (Wildman–Crippen LogP) is 15.7. The third-order valence-electron chi connectivity index (χ3n) is 13.0. The summed E-state index contributed by atoms with van der Waals surface area (Å²) in [5.41, 5.74) is 19.0. The van der Waals surface area contributed by atoms with Crippen molar-refractivity contribution in [2.75, 3.05) is 0 Å². The first kappa shape index (κ1) is 37.5. The topological polar surface area (TPSA) is 51.8 Å². The Morgan fingerprint density at radius 1 is 0.312 bits per heavy atom. The molecule has 2 heterocycles. The molecule has 4 nitrogen and oxygen atoms in total. The van der Waals surface area contributed by atoms with Crippen molar-refractivity contribution in [3.63, 3.8) is 0 Å². The molecule has 0 atom stereocenters. The molecular formula is C60H41N3O. The third-order valence-corrected chi connectivity index (χ3v) is 13.0. The van der Waals surface area contributed by atoms with Gasteiger partial charge >= 0.3 is 0 Å². The van der Waals surface area contributed by atoms with Gasteiger partial charge in [-0.25, -0.2) is 15.0 Å². The molecule has 1 aliphatic carbocycles. The Labute approximate surface area is 372 Å². The Bertz CT molecular complexity index is 3430. The largest absolute Gasteiger partial charge is 0.456 e. The first-order valence-electron chi connectivity index (χ1n) is 21.8. The van der Waals surface area contributed by atoms with Crippen LogP contribution in [0.5, 0.6) is 0 Å². The van der Waals surface area contributed by atoms with Gasteiger partial charge in [0, 0.05) is 32.9 Å². The Kier molecular flexibility index (Phi) is 8.80. The lowest BCUT2D eigenvalue weighted by atomic mass is 9.82. The highest BCUT2D eigenvalue weighted by atomic mass is 16.3. The van der Waals surface area contributed by atoms with Gasteiger partial charge in [0.05, 0.1) is 0 Å². The number of nitrogens with zero attached hydrogens (tertiary/aromatic N) is 3. The molecule has 64 heavy (non-hydrogen) atoms. The number of fused-ring (bicyclic) bond motifs is 6. The maximum atomic E-state index is 6.53. The van der Waals surface area contributed by atoms with Crippen molar-refractivity contribution in [3.05, 3.63) is 223 Å². The molecule has 1 aliphatic rings. The highest BCUT2D eigenvalue weighted by molar-refractivity contribution is 6.12. The van der Waals surface area contributed by atoms with E-state index in [1.165, 1.54) is 33.4 Å². The van der Waals surface area contributed by atoms with Crippen molar-refractivity contribution < 1.29 is 4.42 Å². The van der Waals surface area contributed by atoms with Crippen LogP contribution in [-0.4, -0.2) is 15.0 Å². The predicted molar refractivity (Wildman–Crippen MR) is 263 cm³/mol. The van der Waals surface area contributed by atoms with Crippen LogP contribution in [0.2, 0.25) is 0 Å². The lowest BCUT2D eigenvalue weighted by molar-refractivity contribution is 0.660. The molecule has 0 spiro atoms. The monoisotopic (exact) mass is 819 g/mol. The fraction of sp³-hybridized carbons (Fsp3) is 0.0500. The summed E-state index contributed by atoms with van der Waals surface area (Å²) in [6, 6.07) is 75.0. The third kappa shape index (κ3) is 6.42. The van der Waals surface area contributed by atoms with Crippen molar-refractivity contribution in [1.82, 2.24) is 15.0 Å². The molecule has 11 aromatic rings. The van der Waals surface area contributed by atoms with Gasteiger partial charge in [-0.3, -0.25) is 0 Å². The maximum absolute atomic E-state index is 6.53. The molecule has 12 rings (SSSR count). The molecule has 0 saturated heterocycles. The second-order valence-corrected chi connectivity index (χ2v) is 17.2. The fourth-order valence-electron chi connectivity index (χ4n) is 9.59. The van der Waals surface area contributed by atoms with Crippen molar-refractivity contribution >= 4 is 21.9 Å². The van der Waals surface area contributed by atoms with E-state index in [1.807, 2.05) is 24.3 Å². The SMILES string of the molecule is CC1(C)c2ccccc2-c2cc(-c3ccc(-c4ccc5oc6cccc(-c7nc(-c8ccc(-c9ccccc9)cc8)nc(-c8ccc(-c9ccccc9)cc8)n7)c6c5c4)cc3)ccc21. The van der Waals surface area contributed by atoms with Crippen molar-refractivity contribution in [2.24, 2.45) is 0 Å². The van der Waals surface area contributed by atoms with Crippen LogP contribution in [0, 0.1) is 0 Å². The number of rotatable bonds is 7. The summed E-state index contributed by atoms with van der Waals surface area (Å²) in [6.07, 6.45) is 0. The summed E-state index contributed by atoms with van der Waals surface area (Å²) < 4.78 is 6.53. The molecule has 0 saturated carbocycles. The summed E-state index contributed by atoms with van der Waals surface area (Å²) in [6.45, 7) is 4.65. The van der Waals surface area contributed by atoms with Crippen LogP contribution in [0.25, 0.3) is 112 Å². The van der Waals surface area contributed by atoms with E-state index in [9.17, 15) is 0 Å². The van der Waals surface area contributed by atoms with Gasteiger partial charge in [-0.05, 0) is 91.0 Å². The van der Waals surface area contributed by atoms with Crippen molar-refractivity contribution in [3.8, 4) is 89.8 Å². The van der Waals surface area contributed by atoms with Gasteiger partial charge in [-0.2, -0.15) is 0 Å². The lowest BCUT2D eigenvalue weighted by Gasteiger charge is -2.21. The Hall–Kier alpha value is -8.21. The van der Waals surface area contributed by atoms with Crippen molar-refractivity contribution in [2.45, 2.75) is 19.3 Å². The van der Waals surface area contributed by atoms with Gasteiger partial charge in [0.2, 0.25) is 0 Å². The summed E-state index contributed by atoms with van der Waals surface area (Å²) >= 11 is 0. The van der Waals surface area contributed by atoms with E-state index >= 15 is 0 Å². The van der Waals surface area contributed by atoms with Crippen LogP contribution >= 0.6 is 0 Å². The quantitative estimate of drug-likeness (QED) is 0.161. The lowest BCUT2D eigenvalue weighted by Crippen LogP contribution is -2.14. The average molecular weight is 820 g/mol. The molecule has 0 N–H and O–H groups in total. The minimum atomic E-state index is -0.0115. The molecule has 0 unspecified atom stereocenters. The van der Waals surface area contributed by atoms with Gasteiger partial charge in [-0.15, -0.1) is 0 Å². The molecule has 0 fully saturated rings. The van der Waals surface area contributed by atoms with Crippen LogP contribution in [0.1, 0.15) is 25.0 Å². The second-order valence-electron chi connectivity index (χ2n) is 17.2. The van der Waals surface area contributed by atoms with Crippen LogP contribution in [0.15, 0.2) is 217 Å². The van der Waals surface area contributed by atoms with E-state index in [0.717, 1.165) is 72.0 Å². The number of furan rings is 1. The van der Waals surface area contributed by atoms with E-state index in [-0.39, 0.29) is 5.41 Å². The molecule has 9 aromatic carbocycles. The van der Waals surface area contributed by atoms with Crippen LogP contribution in [0.4, 0.5) is 0 Å². The van der Waals surface area contributed by atoms with Gasteiger partial charge < -0.3 is 4.42 Å². The Balaban J connectivity index is 0.937. The number of aromatic nitrogens is 3. The van der Waals surface area contributed by atoms with Crippen LogP contribution in [-0.2, 0) is 5.41 Å². The van der Waals surface area contributed by atoms with Gasteiger partial charge in [0.25, 0.3) is 0 Å². The molecule has 0 radical (unpaired) electrons. The van der Waals surface area contributed by atoms with E-state index in [0.29, 0.717) is 17.5 Å². The van der Waals surface area contributed by atoms with Gasteiger partial charge in [-0.1, -0.05) is 202 Å². The zero-order chi connectivity index (χ0) is 42.8. The molecule has 4 heteroatoms. The minimum absolute atomic E-state index is 0.0115. The first-order valence-corrected chi connectivity index (χ1v) is 21.8. The average Bonchev–Trinajstić information content (AvgIpc) is 3.85. The van der Waals surface area contributed by atoms with E-state index in [2.05, 4.69) is 202 Å². The molecule has 302 valence electrons. The fourth-order valence-corrected chi connectivity index (χ4v) is 9.59. The normalized spacial score (nSPS) is 12.7. The number of hydrogen-bond acceptors (Lipinski definition) is 4. The molecule has 0 amide bonds. The summed E-state index contributed by atoms with van der Waals surface area (Å²) in [7, 11) is 0. The molecule has 0 bridgehead atoms. The summed E-state index contributed by atoms with van der Waals surface area (Å²) in [5.74, 6) is 1.80. The first-order chi connectivity index (χ1) is 31.4. The molecule has 0 aliphatic heterocycles. The summed E-state index contributed by atoms with van der Waals surface area (Å²) in [4.78, 5) is 15.5. The van der Waals surface area contributed by atoms with Crippen LogP contribution < -0.4 is 0 Å².